The number of para-hydroxylation sites is 1. The molecule has 0 bridgehead atoms. The molecule has 1 aliphatic heterocycles. The average molecular weight is 191 g/mol. The quantitative estimate of drug-likeness (QED) is 0.575. The maximum absolute atomic E-state index is 11.1. The van der Waals surface area contributed by atoms with Crippen molar-refractivity contribution < 1.29 is 4.79 Å². The van der Waals surface area contributed by atoms with Crippen LogP contribution in [0.25, 0.3) is 0 Å². The lowest BCUT2D eigenvalue weighted by Gasteiger charge is -2.24. The van der Waals surface area contributed by atoms with E-state index in [1.807, 2.05) is 31.2 Å². The molecule has 74 valence electrons. The van der Waals surface area contributed by atoms with Crippen molar-refractivity contribution in [1.29, 1.82) is 0 Å². The van der Waals surface area contributed by atoms with Crippen LogP contribution in [0, 0.1) is 0 Å². The van der Waals surface area contributed by atoms with E-state index in [1.54, 1.807) is 0 Å². The van der Waals surface area contributed by atoms with E-state index in [4.69, 9.17) is 5.73 Å². The smallest absolute Gasteiger partial charge is 0.315 e. The van der Waals surface area contributed by atoms with E-state index in [2.05, 4.69) is 10.6 Å². The first kappa shape index (κ1) is 8.87. The summed E-state index contributed by atoms with van der Waals surface area (Å²) >= 11 is 0. The monoisotopic (exact) mass is 191 g/mol. The molecule has 1 aromatic rings. The Morgan fingerprint density at radius 3 is 2.71 bits per heavy atom. The fourth-order valence-corrected chi connectivity index (χ4v) is 1.76. The fraction of sp³-hybridized carbons (Fsp3) is 0.300. The molecule has 1 aromatic carbocycles. The van der Waals surface area contributed by atoms with Gasteiger partial charge in [-0.1, -0.05) is 18.2 Å². The van der Waals surface area contributed by atoms with Gasteiger partial charge in [-0.3, -0.25) is 0 Å². The molecule has 0 aliphatic carbocycles. The van der Waals surface area contributed by atoms with E-state index in [0.717, 1.165) is 5.56 Å². The third kappa shape index (κ3) is 1.28. The lowest BCUT2D eigenvalue weighted by Crippen LogP contribution is -2.37. The number of nitrogens with one attached hydrogen (secondary N) is 2. The third-order valence-corrected chi connectivity index (χ3v) is 2.55. The molecule has 1 unspecified atom stereocenters. The standard InChI is InChI=1S/C10H13N3O/c1-10(6-12-9(14)13-10)7-4-2-3-5-8(7)11/h2-5H,6,11H2,1H3,(H2,12,13,14). The van der Waals surface area contributed by atoms with E-state index in [0.29, 0.717) is 12.2 Å². The van der Waals surface area contributed by atoms with Gasteiger partial charge in [0.2, 0.25) is 0 Å². The minimum Gasteiger partial charge on any atom is -0.398 e. The van der Waals surface area contributed by atoms with E-state index < -0.39 is 0 Å². The summed E-state index contributed by atoms with van der Waals surface area (Å²) in [4.78, 5) is 11.1. The zero-order valence-electron chi connectivity index (χ0n) is 8.00. The number of rotatable bonds is 1. The number of benzene rings is 1. The number of carbonyl (C=O) groups excluding carboxylic acids is 1. The lowest BCUT2D eigenvalue weighted by atomic mass is 9.92. The molecule has 1 atom stereocenters. The van der Waals surface area contributed by atoms with Crippen LogP contribution in [0.2, 0.25) is 0 Å². The summed E-state index contributed by atoms with van der Waals surface area (Å²) in [5, 5.41) is 5.59. The number of hydrogen-bond acceptors (Lipinski definition) is 2. The number of urea groups is 1. The van der Waals surface area contributed by atoms with Crippen LogP contribution in [0.3, 0.4) is 0 Å². The third-order valence-electron chi connectivity index (χ3n) is 2.55. The Bertz CT molecular complexity index is 377. The highest BCUT2D eigenvalue weighted by molar-refractivity contribution is 5.78. The van der Waals surface area contributed by atoms with Crippen molar-refractivity contribution in [3.63, 3.8) is 0 Å². The Labute approximate surface area is 82.5 Å². The minimum atomic E-state index is -0.386. The van der Waals surface area contributed by atoms with Crippen molar-refractivity contribution in [3.05, 3.63) is 29.8 Å². The number of nitrogens with two attached hydrogens (primary N) is 1. The van der Waals surface area contributed by atoms with E-state index in [9.17, 15) is 4.79 Å². The molecule has 0 saturated carbocycles. The van der Waals surface area contributed by atoms with Crippen LogP contribution < -0.4 is 16.4 Å². The molecule has 14 heavy (non-hydrogen) atoms. The van der Waals surface area contributed by atoms with Crippen molar-refractivity contribution in [2.45, 2.75) is 12.5 Å². The zero-order valence-corrected chi connectivity index (χ0v) is 8.00. The molecule has 0 spiro atoms. The SMILES string of the molecule is CC1(c2ccccc2N)CNC(=O)N1. The summed E-state index contributed by atoms with van der Waals surface area (Å²) in [6.45, 7) is 2.52. The molecule has 4 N–H and O–H groups in total. The van der Waals surface area contributed by atoms with E-state index >= 15 is 0 Å². The predicted molar refractivity (Wildman–Crippen MR) is 54.7 cm³/mol. The van der Waals surface area contributed by atoms with Gasteiger partial charge in [-0.2, -0.15) is 0 Å². The van der Waals surface area contributed by atoms with Crippen LogP contribution in [0.15, 0.2) is 24.3 Å². The highest BCUT2D eigenvalue weighted by Crippen LogP contribution is 2.27. The second-order valence-electron chi connectivity index (χ2n) is 3.73. The Morgan fingerprint density at radius 2 is 2.14 bits per heavy atom. The maximum atomic E-state index is 11.1. The second-order valence-corrected chi connectivity index (χ2v) is 3.73. The van der Waals surface area contributed by atoms with Gasteiger partial charge in [0.15, 0.2) is 0 Å². The number of amides is 2. The minimum absolute atomic E-state index is 0.143. The predicted octanol–water partition coefficient (Wildman–Crippen LogP) is 0.797. The largest absolute Gasteiger partial charge is 0.398 e. The summed E-state index contributed by atoms with van der Waals surface area (Å²) in [7, 11) is 0. The van der Waals surface area contributed by atoms with Gasteiger partial charge in [0, 0.05) is 17.8 Å². The normalized spacial score (nSPS) is 25.6. The average Bonchev–Trinajstić information content (AvgIpc) is 2.48. The summed E-state index contributed by atoms with van der Waals surface area (Å²) in [6, 6.07) is 7.43. The van der Waals surface area contributed by atoms with Crippen LogP contribution in [0.4, 0.5) is 10.5 Å². The molecular weight excluding hydrogens is 178 g/mol. The van der Waals surface area contributed by atoms with Gasteiger partial charge in [-0.15, -0.1) is 0 Å². The molecule has 1 aliphatic rings. The summed E-state index contributed by atoms with van der Waals surface area (Å²) in [5.74, 6) is 0. The molecule has 1 fully saturated rings. The van der Waals surface area contributed by atoms with Crippen molar-refractivity contribution in [2.24, 2.45) is 0 Å². The first-order valence-corrected chi connectivity index (χ1v) is 4.53. The Hall–Kier alpha value is -1.71. The van der Waals surface area contributed by atoms with Gasteiger partial charge < -0.3 is 16.4 Å². The molecule has 1 saturated heterocycles. The van der Waals surface area contributed by atoms with Gasteiger partial charge in [-0.05, 0) is 13.0 Å². The van der Waals surface area contributed by atoms with Gasteiger partial charge in [0.05, 0.1) is 5.54 Å². The van der Waals surface area contributed by atoms with E-state index in [1.165, 1.54) is 0 Å². The first-order valence-electron chi connectivity index (χ1n) is 4.53. The molecule has 0 radical (unpaired) electrons. The van der Waals surface area contributed by atoms with Crippen LogP contribution in [-0.2, 0) is 5.54 Å². The van der Waals surface area contributed by atoms with Crippen LogP contribution in [0.1, 0.15) is 12.5 Å². The second kappa shape index (κ2) is 2.90. The number of nitrogen functional groups attached to an aromatic ring is 1. The Morgan fingerprint density at radius 1 is 1.43 bits per heavy atom. The van der Waals surface area contributed by atoms with Crippen molar-refractivity contribution in [1.82, 2.24) is 10.6 Å². The van der Waals surface area contributed by atoms with Gasteiger partial charge >= 0.3 is 6.03 Å². The highest BCUT2D eigenvalue weighted by atomic mass is 16.2. The Balaban J connectivity index is 2.40. The van der Waals surface area contributed by atoms with Gasteiger partial charge in [-0.25, -0.2) is 4.79 Å². The van der Waals surface area contributed by atoms with Crippen molar-refractivity contribution >= 4 is 11.7 Å². The summed E-state index contributed by atoms with van der Waals surface area (Å²) in [6.07, 6.45) is 0. The molecule has 2 amide bonds. The first-order chi connectivity index (χ1) is 6.62. The summed E-state index contributed by atoms with van der Waals surface area (Å²) in [5.41, 5.74) is 7.13. The van der Waals surface area contributed by atoms with Crippen molar-refractivity contribution in [3.8, 4) is 0 Å². The summed E-state index contributed by atoms with van der Waals surface area (Å²) < 4.78 is 0. The van der Waals surface area contributed by atoms with Gasteiger partial charge in [0.25, 0.3) is 0 Å². The molecular formula is C10H13N3O. The molecule has 4 nitrogen and oxygen atoms in total. The molecule has 0 aromatic heterocycles. The molecule has 2 rings (SSSR count). The van der Waals surface area contributed by atoms with Crippen LogP contribution >= 0.6 is 0 Å². The maximum Gasteiger partial charge on any atom is 0.315 e. The van der Waals surface area contributed by atoms with Gasteiger partial charge in [0.1, 0.15) is 0 Å². The molecule has 4 heteroatoms. The molecule has 1 heterocycles. The zero-order chi connectivity index (χ0) is 10.2. The topological polar surface area (TPSA) is 67.1 Å². The van der Waals surface area contributed by atoms with E-state index in [-0.39, 0.29) is 11.6 Å². The number of carbonyl (C=O) groups is 1. The highest BCUT2D eigenvalue weighted by Gasteiger charge is 2.35. The number of anilines is 1. The number of hydrogen-bond donors (Lipinski definition) is 3. The van der Waals surface area contributed by atoms with Crippen LogP contribution in [-0.4, -0.2) is 12.6 Å². The fourth-order valence-electron chi connectivity index (χ4n) is 1.76. The van der Waals surface area contributed by atoms with Crippen molar-refractivity contribution in [2.75, 3.05) is 12.3 Å². The van der Waals surface area contributed by atoms with Crippen LogP contribution in [0.5, 0.6) is 0 Å². The Kier molecular flexibility index (Phi) is 1.84. The lowest BCUT2D eigenvalue weighted by molar-refractivity contribution is 0.245.